The van der Waals surface area contributed by atoms with Crippen LogP contribution in [0.5, 0.6) is 0 Å². The Hall–Kier alpha value is -2.33. The minimum Gasteiger partial charge on any atom is -0.478 e. The summed E-state index contributed by atoms with van der Waals surface area (Å²) in [4.78, 5) is 23.7. The number of benzene rings is 2. The van der Waals surface area contributed by atoms with E-state index < -0.39 is 11.4 Å². The van der Waals surface area contributed by atoms with Crippen LogP contribution in [0.3, 0.4) is 0 Å². The van der Waals surface area contributed by atoms with Crippen molar-refractivity contribution in [3.63, 3.8) is 0 Å². The highest BCUT2D eigenvalue weighted by atomic mass is 35.5. The van der Waals surface area contributed by atoms with Gasteiger partial charge in [-0.25, -0.2) is 4.79 Å². The lowest BCUT2D eigenvalue weighted by molar-refractivity contribution is -0.118. The first-order chi connectivity index (χ1) is 10.5. The number of rotatable bonds is 2. The molecule has 1 amide bonds. The molecule has 0 saturated heterocycles. The molecule has 1 aliphatic carbocycles. The Labute approximate surface area is 131 Å². The monoisotopic (exact) mass is 313 g/mol. The molecule has 2 aliphatic rings. The predicted octanol–water partition coefficient (Wildman–Crippen LogP) is 3.42. The van der Waals surface area contributed by atoms with Gasteiger partial charge in [-0.05, 0) is 41.8 Å². The van der Waals surface area contributed by atoms with Crippen molar-refractivity contribution in [2.75, 3.05) is 5.32 Å². The molecule has 0 aromatic heterocycles. The van der Waals surface area contributed by atoms with E-state index in [1.54, 1.807) is 12.1 Å². The highest BCUT2D eigenvalue weighted by Gasteiger charge is 2.65. The van der Waals surface area contributed by atoms with E-state index in [1.165, 1.54) is 6.07 Å². The summed E-state index contributed by atoms with van der Waals surface area (Å²) in [5.74, 6) is -1.08. The summed E-state index contributed by atoms with van der Waals surface area (Å²) >= 11 is 6.25. The lowest BCUT2D eigenvalue weighted by Crippen LogP contribution is -2.21. The van der Waals surface area contributed by atoms with Crippen LogP contribution < -0.4 is 5.32 Å². The van der Waals surface area contributed by atoms with Gasteiger partial charge in [0, 0.05) is 16.6 Å². The molecule has 5 heteroatoms. The summed E-state index contributed by atoms with van der Waals surface area (Å²) in [5.41, 5.74) is 1.92. The number of hydrogen-bond acceptors (Lipinski definition) is 2. The molecule has 110 valence electrons. The first-order valence-corrected chi connectivity index (χ1v) is 7.35. The van der Waals surface area contributed by atoms with E-state index >= 15 is 0 Å². The van der Waals surface area contributed by atoms with Crippen LogP contribution in [-0.4, -0.2) is 17.0 Å². The summed E-state index contributed by atoms with van der Waals surface area (Å²) < 4.78 is 0. The van der Waals surface area contributed by atoms with Gasteiger partial charge in [0.05, 0.1) is 11.0 Å². The molecule has 0 bridgehead atoms. The summed E-state index contributed by atoms with van der Waals surface area (Å²) in [6.45, 7) is 0. The molecule has 0 radical (unpaired) electrons. The molecule has 2 aromatic carbocycles. The zero-order valence-electron chi connectivity index (χ0n) is 11.5. The van der Waals surface area contributed by atoms with Crippen molar-refractivity contribution in [1.82, 2.24) is 0 Å². The number of anilines is 1. The minimum absolute atomic E-state index is 0.00788. The van der Waals surface area contributed by atoms with Crippen LogP contribution in [-0.2, 0) is 10.2 Å². The summed E-state index contributed by atoms with van der Waals surface area (Å²) in [7, 11) is 0. The van der Waals surface area contributed by atoms with Gasteiger partial charge in [-0.15, -0.1) is 0 Å². The van der Waals surface area contributed by atoms with Gasteiger partial charge in [-0.3, -0.25) is 4.79 Å². The SMILES string of the molecule is O=C(O)c1ccc2c(c1)[C@]1(C[C@H]1c1ccccc1Cl)C(=O)N2. The van der Waals surface area contributed by atoms with Crippen molar-refractivity contribution in [3.8, 4) is 0 Å². The van der Waals surface area contributed by atoms with Crippen molar-refractivity contribution >= 4 is 29.2 Å². The fourth-order valence-electron chi connectivity index (χ4n) is 3.46. The van der Waals surface area contributed by atoms with Crippen LogP contribution >= 0.6 is 11.6 Å². The van der Waals surface area contributed by atoms with E-state index in [-0.39, 0.29) is 17.4 Å². The summed E-state index contributed by atoms with van der Waals surface area (Å²) in [5, 5.41) is 12.7. The van der Waals surface area contributed by atoms with E-state index in [0.717, 1.165) is 11.1 Å². The molecule has 1 spiro atoms. The van der Waals surface area contributed by atoms with Crippen LogP contribution in [0.4, 0.5) is 5.69 Å². The molecule has 2 aromatic rings. The van der Waals surface area contributed by atoms with Gasteiger partial charge in [-0.1, -0.05) is 29.8 Å². The van der Waals surface area contributed by atoms with E-state index in [2.05, 4.69) is 5.32 Å². The average molecular weight is 314 g/mol. The first kappa shape index (κ1) is 13.3. The number of fused-ring (bicyclic) bond motifs is 2. The number of carbonyl (C=O) groups excluding carboxylic acids is 1. The number of aromatic carboxylic acids is 1. The molecule has 1 heterocycles. The smallest absolute Gasteiger partial charge is 0.335 e. The standard InChI is InChI=1S/C17H12ClNO3/c18-13-4-2-1-3-10(13)12-8-17(12)11-7-9(15(20)21)5-6-14(11)19-16(17)22/h1-7,12H,8H2,(H,19,22)(H,20,21)/t12-,17-/m0/s1. The van der Waals surface area contributed by atoms with E-state index in [9.17, 15) is 14.7 Å². The molecule has 22 heavy (non-hydrogen) atoms. The lowest BCUT2D eigenvalue weighted by Gasteiger charge is -2.10. The van der Waals surface area contributed by atoms with Gasteiger partial charge >= 0.3 is 5.97 Å². The fraction of sp³-hybridized carbons (Fsp3) is 0.176. The van der Waals surface area contributed by atoms with Crippen molar-refractivity contribution in [2.45, 2.75) is 17.8 Å². The molecular formula is C17H12ClNO3. The minimum atomic E-state index is -0.993. The maximum Gasteiger partial charge on any atom is 0.335 e. The fourth-order valence-corrected chi connectivity index (χ4v) is 3.72. The highest BCUT2D eigenvalue weighted by Crippen LogP contribution is 2.65. The van der Waals surface area contributed by atoms with Gasteiger partial charge in [0.25, 0.3) is 0 Å². The summed E-state index contributed by atoms with van der Waals surface area (Å²) in [6.07, 6.45) is 0.651. The Kier molecular flexibility index (Phi) is 2.63. The number of carboxylic acids is 1. The second kappa shape index (κ2) is 4.34. The Balaban J connectivity index is 1.83. The number of halogens is 1. The van der Waals surface area contributed by atoms with Crippen LogP contribution in [0.25, 0.3) is 0 Å². The molecule has 2 N–H and O–H groups in total. The van der Waals surface area contributed by atoms with Crippen molar-refractivity contribution in [2.24, 2.45) is 0 Å². The molecule has 4 nitrogen and oxygen atoms in total. The highest BCUT2D eigenvalue weighted by molar-refractivity contribution is 6.31. The van der Waals surface area contributed by atoms with Gasteiger partial charge < -0.3 is 10.4 Å². The largest absolute Gasteiger partial charge is 0.478 e. The predicted molar refractivity (Wildman–Crippen MR) is 82.5 cm³/mol. The van der Waals surface area contributed by atoms with E-state index in [0.29, 0.717) is 17.1 Å². The second-order valence-corrected chi connectivity index (χ2v) is 6.18. The van der Waals surface area contributed by atoms with Crippen LogP contribution in [0, 0.1) is 0 Å². The average Bonchev–Trinajstić information content (AvgIpc) is 3.17. The number of carboxylic acid groups (broad SMARTS) is 1. The van der Waals surface area contributed by atoms with Crippen molar-refractivity contribution in [3.05, 3.63) is 64.2 Å². The quantitative estimate of drug-likeness (QED) is 0.892. The van der Waals surface area contributed by atoms with Crippen LogP contribution in [0.2, 0.25) is 5.02 Å². The first-order valence-electron chi connectivity index (χ1n) is 6.98. The molecule has 2 atom stereocenters. The van der Waals surface area contributed by atoms with E-state index in [1.807, 2.05) is 24.3 Å². The molecule has 1 saturated carbocycles. The maximum atomic E-state index is 12.5. The number of hydrogen-bond donors (Lipinski definition) is 2. The van der Waals surface area contributed by atoms with Crippen LogP contribution in [0.15, 0.2) is 42.5 Å². The molecular weight excluding hydrogens is 302 g/mol. The second-order valence-electron chi connectivity index (χ2n) is 5.77. The molecule has 1 aliphatic heterocycles. The third-order valence-electron chi connectivity index (χ3n) is 4.64. The third-order valence-corrected chi connectivity index (χ3v) is 4.99. The van der Waals surface area contributed by atoms with E-state index in [4.69, 9.17) is 11.6 Å². The molecule has 1 fully saturated rings. The molecule has 0 unspecified atom stereocenters. The van der Waals surface area contributed by atoms with Gasteiger partial charge in [0.15, 0.2) is 0 Å². The zero-order chi connectivity index (χ0) is 15.5. The van der Waals surface area contributed by atoms with Crippen LogP contribution in [0.1, 0.15) is 33.8 Å². The van der Waals surface area contributed by atoms with Gasteiger partial charge in [-0.2, -0.15) is 0 Å². The third kappa shape index (κ3) is 1.64. The maximum absolute atomic E-state index is 12.5. The Morgan fingerprint density at radius 2 is 2.05 bits per heavy atom. The normalized spacial score (nSPS) is 25.0. The summed E-state index contributed by atoms with van der Waals surface area (Å²) in [6, 6.07) is 12.3. The van der Waals surface area contributed by atoms with Gasteiger partial charge in [0.2, 0.25) is 5.91 Å². The lowest BCUT2D eigenvalue weighted by atomic mass is 9.91. The Morgan fingerprint density at radius 3 is 2.77 bits per heavy atom. The van der Waals surface area contributed by atoms with Crippen molar-refractivity contribution < 1.29 is 14.7 Å². The van der Waals surface area contributed by atoms with Gasteiger partial charge in [0.1, 0.15) is 0 Å². The molecule has 4 rings (SSSR count). The topological polar surface area (TPSA) is 66.4 Å². The number of nitrogens with one attached hydrogen (secondary N) is 1. The number of amides is 1. The Bertz CT molecular complexity index is 832. The Morgan fingerprint density at radius 1 is 1.27 bits per heavy atom. The number of carbonyl (C=O) groups is 2. The van der Waals surface area contributed by atoms with Crippen molar-refractivity contribution in [1.29, 1.82) is 0 Å². The zero-order valence-corrected chi connectivity index (χ0v) is 12.2.